The molecule has 2 saturated heterocycles. The van der Waals surface area contributed by atoms with Crippen molar-refractivity contribution < 1.29 is 33.6 Å². The third-order valence-electron chi connectivity index (χ3n) is 9.04. The lowest BCUT2D eigenvalue weighted by Crippen LogP contribution is -2.77. The summed E-state index contributed by atoms with van der Waals surface area (Å²) >= 11 is 0. The molecular weight excluding hydrogens is 376 g/mol. The number of allylic oxidation sites excluding steroid dienone is 2. The maximum absolute atomic E-state index is 13.7. The summed E-state index contributed by atoms with van der Waals surface area (Å²) in [6.07, 6.45) is 1.17. The maximum atomic E-state index is 13.7. The third-order valence-corrected chi connectivity index (χ3v) is 9.04. The maximum Gasteiger partial charge on any atom is 0.306 e. The fourth-order valence-corrected chi connectivity index (χ4v) is 7.82. The van der Waals surface area contributed by atoms with Crippen molar-refractivity contribution in [1.82, 2.24) is 0 Å². The molecule has 2 saturated carbocycles. The van der Waals surface area contributed by atoms with Crippen LogP contribution in [0, 0.1) is 34.5 Å². The predicted molar refractivity (Wildman–Crippen MR) is 100 cm³/mol. The lowest BCUT2D eigenvalue weighted by Gasteiger charge is -2.69. The van der Waals surface area contributed by atoms with Gasteiger partial charge in [0.2, 0.25) is 5.78 Å². The molecule has 10 unspecified atom stereocenters. The van der Waals surface area contributed by atoms with Gasteiger partial charge in [-0.25, -0.2) is 0 Å². The van der Waals surface area contributed by atoms with E-state index in [1.807, 2.05) is 13.0 Å². The Morgan fingerprint density at radius 2 is 1.93 bits per heavy atom. The molecule has 2 aliphatic heterocycles. The van der Waals surface area contributed by atoms with Crippen LogP contribution in [0.5, 0.6) is 0 Å². The van der Waals surface area contributed by atoms with Gasteiger partial charge < -0.3 is 24.1 Å². The Labute approximate surface area is 170 Å². The smallest absolute Gasteiger partial charge is 0.306 e. The molecular formula is C22H30O7. The molecule has 160 valence electrons. The number of methoxy groups -OCH3 is 1. The Morgan fingerprint density at radius 1 is 1.21 bits per heavy atom. The van der Waals surface area contributed by atoms with Gasteiger partial charge in [0.25, 0.3) is 0 Å². The number of carbonyl (C=O) groups is 2. The second kappa shape index (κ2) is 5.83. The molecule has 1 N–H and O–H groups in total. The number of carbonyl (C=O) groups excluding carboxylic acids is 2. The van der Waals surface area contributed by atoms with Crippen molar-refractivity contribution in [2.75, 3.05) is 13.9 Å². The van der Waals surface area contributed by atoms with Crippen molar-refractivity contribution in [1.29, 1.82) is 0 Å². The van der Waals surface area contributed by atoms with Crippen molar-refractivity contribution in [3.8, 4) is 0 Å². The van der Waals surface area contributed by atoms with Gasteiger partial charge in [-0.2, -0.15) is 0 Å². The van der Waals surface area contributed by atoms with E-state index in [0.29, 0.717) is 12.2 Å². The second-order valence-corrected chi connectivity index (χ2v) is 10.2. The van der Waals surface area contributed by atoms with Gasteiger partial charge in [0.1, 0.15) is 19.0 Å². The standard InChI is InChI=1S/C22H30O7/c1-10-6-12(26-5)18(24)20(2)11(10)7-14-21(3)13(8-15(23)29-14)22(4,25)19-16(17(20)21)27-9-28-19/h6,10-11,13-14,16-17,19,25H,7-9H2,1-5H3. The number of ether oxygens (including phenoxy) is 4. The predicted octanol–water partition coefficient (Wildman–Crippen LogP) is 1.82. The van der Waals surface area contributed by atoms with Gasteiger partial charge in [-0.05, 0) is 31.3 Å². The number of fused-ring (bicyclic) bond motifs is 4. The first-order valence-corrected chi connectivity index (χ1v) is 10.5. The Balaban J connectivity index is 1.74. The Bertz CT molecular complexity index is 803. The quantitative estimate of drug-likeness (QED) is 0.664. The molecule has 5 rings (SSSR count). The molecule has 0 aromatic heterocycles. The third kappa shape index (κ3) is 2.14. The summed E-state index contributed by atoms with van der Waals surface area (Å²) in [4.78, 5) is 26.2. The van der Waals surface area contributed by atoms with E-state index in [-0.39, 0.29) is 54.7 Å². The first-order valence-electron chi connectivity index (χ1n) is 10.5. The van der Waals surface area contributed by atoms with E-state index in [0.717, 1.165) is 0 Å². The highest BCUT2D eigenvalue weighted by Crippen LogP contribution is 2.69. The van der Waals surface area contributed by atoms with Crippen LogP contribution in [0.2, 0.25) is 0 Å². The molecule has 4 fully saturated rings. The largest absolute Gasteiger partial charge is 0.493 e. The van der Waals surface area contributed by atoms with Gasteiger partial charge in [0, 0.05) is 22.7 Å². The van der Waals surface area contributed by atoms with Gasteiger partial charge in [-0.15, -0.1) is 0 Å². The minimum absolute atomic E-state index is 0.0172. The molecule has 0 aromatic rings. The van der Waals surface area contributed by atoms with Crippen LogP contribution >= 0.6 is 0 Å². The Hall–Kier alpha value is -1.44. The average molecular weight is 406 g/mol. The lowest BCUT2D eigenvalue weighted by atomic mass is 9.37. The highest BCUT2D eigenvalue weighted by Gasteiger charge is 2.77. The van der Waals surface area contributed by atoms with Gasteiger partial charge >= 0.3 is 5.97 Å². The number of Topliss-reactive ketones (excluding diaryl/α,β-unsaturated/α-hetero) is 1. The number of ketones is 1. The summed E-state index contributed by atoms with van der Waals surface area (Å²) in [5, 5.41) is 11.5. The van der Waals surface area contributed by atoms with E-state index in [4.69, 9.17) is 18.9 Å². The van der Waals surface area contributed by atoms with Gasteiger partial charge in [0.15, 0.2) is 5.76 Å². The number of hydrogen-bond donors (Lipinski definition) is 1. The minimum atomic E-state index is -1.25. The normalized spacial score (nSPS) is 55.9. The molecule has 2 heterocycles. The molecule has 7 nitrogen and oxygen atoms in total. The molecule has 10 atom stereocenters. The molecule has 0 spiro atoms. The molecule has 5 aliphatic rings. The lowest BCUT2D eigenvalue weighted by molar-refractivity contribution is -0.293. The van der Waals surface area contributed by atoms with Gasteiger partial charge in [0.05, 0.1) is 25.2 Å². The van der Waals surface area contributed by atoms with Crippen molar-refractivity contribution in [3.05, 3.63) is 11.8 Å². The first-order chi connectivity index (χ1) is 13.6. The van der Waals surface area contributed by atoms with Crippen LogP contribution in [0.25, 0.3) is 0 Å². The highest BCUT2D eigenvalue weighted by atomic mass is 16.7. The van der Waals surface area contributed by atoms with Crippen molar-refractivity contribution >= 4 is 11.8 Å². The van der Waals surface area contributed by atoms with Crippen molar-refractivity contribution in [2.24, 2.45) is 34.5 Å². The molecule has 0 aromatic carbocycles. The molecule has 3 aliphatic carbocycles. The highest BCUT2D eigenvalue weighted by molar-refractivity contribution is 5.99. The fourth-order valence-electron chi connectivity index (χ4n) is 7.82. The summed E-state index contributed by atoms with van der Waals surface area (Å²) in [6.45, 7) is 7.97. The zero-order chi connectivity index (χ0) is 20.9. The zero-order valence-electron chi connectivity index (χ0n) is 17.6. The molecule has 29 heavy (non-hydrogen) atoms. The van der Waals surface area contributed by atoms with Gasteiger partial charge in [-0.3, -0.25) is 9.59 Å². The number of esters is 1. The van der Waals surface area contributed by atoms with Crippen LogP contribution in [0.3, 0.4) is 0 Å². The van der Waals surface area contributed by atoms with Crippen LogP contribution in [0.4, 0.5) is 0 Å². The fraction of sp³-hybridized carbons (Fsp3) is 0.818. The Morgan fingerprint density at radius 3 is 2.62 bits per heavy atom. The summed E-state index contributed by atoms with van der Waals surface area (Å²) in [5.41, 5.74) is -2.63. The second-order valence-electron chi connectivity index (χ2n) is 10.2. The number of hydrogen-bond acceptors (Lipinski definition) is 7. The van der Waals surface area contributed by atoms with Crippen LogP contribution in [-0.4, -0.2) is 54.7 Å². The van der Waals surface area contributed by atoms with E-state index in [1.54, 1.807) is 6.92 Å². The van der Waals surface area contributed by atoms with Crippen LogP contribution < -0.4 is 0 Å². The van der Waals surface area contributed by atoms with E-state index in [2.05, 4.69) is 13.8 Å². The van der Waals surface area contributed by atoms with Crippen LogP contribution in [-0.2, 0) is 28.5 Å². The molecule has 0 radical (unpaired) electrons. The molecule has 0 amide bonds. The number of aliphatic hydroxyl groups is 1. The summed E-state index contributed by atoms with van der Waals surface area (Å²) < 4.78 is 23.3. The molecule has 0 bridgehead atoms. The SMILES string of the molecule is COC1=CC(C)C2CC3OC(=O)CC4C(C)(O)C5OCOC5C(C2(C)C1=O)C34C. The summed E-state index contributed by atoms with van der Waals surface area (Å²) in [7, 11) is 1.53. The Kier molecular flexibility index (Phi) is 3.92. The van der Waals surface area contributed by atoms with Crippen LogP contribution in [0.15, 0.2) is 11.8 Å². The van der Waals surface area contributed by atoms with E-state index < -0.39 is 28.6 Å². The molecule has 7 heteroatoms. The van der Waals surface area contributed by atoms with Gasteiger partial charge in [-0.1, -0.05) is 20.8 Å². The van der Waals surface area contributed by atoms with Crippen molar-refractivity contribution in [3.63, 3.8) is 0 Å². The number of rotatable bonds is 1. The van der Waals surface area contributed by atoms with E-state index in [1.165, 1.54) is 7.11 Å². The minimum Gasteiger partial charge on any atom is -0.493 e. The summed E-state index contributed by atoms with van der Waals surface area (Å²) in [5.74, 6) is -0.517. The first kappa shape index (κ1) is 19.5. The van der Waals surface area contributed by atoms with E-state index in [9.17, 15) is 14.7 Å². The summed E-state index contributed by atoms with van der Waals surface area (Å²) in [6, 6.07) is 0. The average Bonchev–Trinajstić information content (AvgIpc) is 3.13. The monoisotopic (exact) mass is 406 g/mol. The van der Waals surface area contributed by atoms with E-state index >= 15 is 0 Å². The zero-order valence-corrected chi connectivity index (χ0v) is 17.6. The topological polar surface area (TPSA) is 91.3 Å². The van der Waals surface area contributed by atoms with Crippen LogP contribution in [0.1, 0.15) is 40.5 Å². The van der Waals surface area contributed by atoms with Crippen molar-refractivity contribution in [2.45, 2.75) is 64.4 Å².